The lowest BCUT2D eigenvalue weighted by atomic mass is 10.1. The second-order valence-corrected chi connectivity index (χ2v) is 5.38. The number of hydrogen-bond donors (Lipinski definition) is 1. The molecule has 0 radical (unpaired) electrons. The molecule has 1 aliphatic carbocycles. The van der Waals surface area contributed by atoms with Gasteiger partial charge < -0.3 is 9.52 Å². The largest absolute Gasteiger partial charge is 0.450 e. The Labute approximate surface area is 99.9 Å². The Morgan fingerprint density at radius 3 is 2.71 bits per heavy atom. The highest BCUT2D eigenvalue weighted by atomic mass is 79.9. The molecule has 0 amide bonds. The Hall–Kier alpha value is 0.200. The fourth-order valence-corrected chi connectivity index (χ4v) is 2.08. The van der Waals surface area contributed by atoms with Crippen molar-refractivity contribution in [3.05, 3.63) is 21.0 Å². The van der Waals surface area contributed by atoms with Gasteiger partial charge in [-0.2, -0.15) is 0 Å². The minimum Gasteiger partial charge on any atom is -0.450 e. The molecule has 1 aromatic rings. The van der Waals surface area contributed by atoms with E-state index >= 15 is 0 Å². The lowest BCUT2D eigenvalue weighted by Gasteiger charge is -2.05. The summed E-state index contributed by atoms with van der Waals surface area (Å²) in [4.78, 5) is 0. The molecule has 1 aliphatic rings. The van der Waals surface area contributed by atoms with Crippen molar-refractivity contribution in [2.45, 2.75) is 31.8 Å². The zero-order valence-corrected chi connectivity index (χ0v) is 10.8. The van der Waals surface area contributed by atoms with Crippen LogP contribution < -0.4 is 0 Å². The zero-order valence-electron chi connectivity index (χ0n) is 7.67. The molecule has 4 heteroatoms. The molecule has 0 saturated heterocycles. The lowest BCUT2D eigenvalue weighted by Crippen LogP contribution is -1.95. The fourth-order valence-electron chi connectivity index (χ4n) is 1.47. The summed E-state index contributed by atoms with van der Waals surface area (Å²) >= 11 is 6.58. The van der Waals surface area contributed by atoms with Crippen molar-refractivity contribution >= 4 is 31.9 Å². The number of halogens is 2. The van der Waals surface area contributed by atoms with Gasteiger partial charge in [0.05, 0.1) is 4.47 Å². The lowest BCUT2D eigenvalue weighted by molar-refractivity contribution is 0.134. The average molecular weight is 324 g/mol. The number of aliphatic hydroxyl groups excluding tert-OH is 1. The van der Waals surface area contributed by atoms with E-state index in [1.807, 2.05) is 6.07 Å². The van der Waals surface area contributed by atoms with Crippen molar-refractivity contribution in [3.63, 3.8) is 0 Å². The van der Waals surface area contributed by atoms with Gasteiger partial charge in [0.15, 0.2) is 4.67 Å². The number of hydrogen-bond acceptors (Lipinski definition) is 2. The molecule has 2 nitrogen and oxygen atoms in total. The van der Waals surface area contributed by atoms with E-state index < -0.39 is 6.10 Å². The van der Waals surface area contributed by atoms with E-state index in [2.05, 4.69) is 31.9 Å². The van der Waals surface area contributed by atoms with Crippen LogP contribution in [0.3, 0.4) is 0 Å². The molecule has 1 fully saturated rings. The molecule has 2 rings (SSSR count). The van der Waals surface area contributed by atoms with Crippen LogP contribution in [-0.2, 0) is 0 Å². The Bertz CT molecular complexity index is 298. The van der Waals surface area contributed by atoms with Crippen molar-refractivity contribution in [2.24, 2.45) is 5.92 Å². The summed E-state index contributed by atoms with van der Waals surface area (Å²) < 4.78 is 6.86. The number of furan rings is 1. The van der Waals surface area contributed by atoms with Gasteiger partial charge in [-0.25, -0.2) is 0 Å². The first kappa shape index (κ1) is 10.7. The topological polar surface area (TPSA) is 33.4 Å². The van der Waals surface area contributed by atoms with E-state index in [0.29, 0.717) is 10.4 Å². The normalized spacial score (nSPS) is 18.5. The zero-order chi connectivity index (χ0) is 10.1. The predicted octanol–water partition coefficient (Wildman–Crippen LogP) is 4.03. The predicted molar refractivity (Wildman–Crippen MR) is 61.0 cm³/mol. The highest BCUT2D eigenvalue weighted by Gasteiger charge is 2.23. The van der Waals surface area contributed by atoms with Gasteiger partial charge in [-0.15, -0.1) is 0 Å². The second-order valence-electron chi connectivity index (χ2n) is 3.81. The minimum absolute atomic E-state index is 0.460. The van der Waals surface area contributed by atoms with Gasteiger partial charge in [0.2, 0.25) is 0 Å². The third-order valence-corrected chi connectivity index (χ3v) is 4.25. The third-order valence-electron chi connectivity index (χ3n) is 2.54. The van der Waals surface area contributed by atoms with Crippen LogP contribution in [-0.4, -0.2) is 5.11 Å². The van der Waals surface area contributed by atoms with Crippen LogP contribution in [0.2, 0.25) is 0 Å². The molecular weight excluding hydrogens is 312 g/mol. The molecule has 0 aliphatic heterocycles. The SMILES string of the molecule is OC(CCC1CC1)c1cc(Br)c(Br)o1. The standard InChI is InChI=1S/C10H12Br2O2/c11-7-5-9(14-10(7)12)8(13)4-3-6-1-2-6/h5-6,8,13H,1-4H2. The van der Waals surface area contributed by atoms with Crippen LogP contribution in [0.4, 0.5) is 0 Å². The summed E-state index contributed by atoms with van der Waals surface area (Å²) in [7, 11) is 0. The number of rotatable bonds is 4. The molecule has 0 spiro atoms. The summed E-state index contributed by atoms with van der Waals surface area (Å²) in [6, 6.07) is 1.82. The van der Waals surface area contributed by atoms with E-state index in [9.17, 15) is 5.11 Å². The van der Waals surface area contributed by atoms with E-state index in [0.717, 1.165) is 23.2 Å². The summed E-state index contributed by atoms with van der Waals surface area (Å²) in [6.07, 6.45) is 4.11. The average Bonchev–Trinajstić information content (AvgIpc) is 2.91. The Kier molecular flexibility index (Phi) is 3.34. The van der Waals surface area contributed by atoms with Gasteiger partial charge >= 0.3 is 0 Å². The first-order valence-electron chi connectivity index (χ1n) is 4.79. The number of aliphatic hydroxyl groups is 1. The third kappa shape index (κ3) is 2.61. The molecule has 78 valence electrons. The van der Waals surface area contributed by atoms with Gasteiger partial charge in [0.1, 0.15) is 11.9 Å². The molecular formula is C10H12Br2O2. The molecule has 0 aromatic carbocycles. The van der Waals surface area contributed by atoms with Crippen LogP contribution in [0.5, 0.6) is 0 Å². The Balaban J connectivity index is 1.91. The molecule has 1 atom stereocenters. The molecule has 1 unspecified atom stereocenters. The summed E-state index contributed by atoms with van der Waals surface area (Å²) in [5.41, 5.74) is 0. The summed E-state index contributed by atoms with van der Waals surface area (Å²) in [5, 5.41) is 9.80. The Morgan fingerprint density at radius 1 is 1.50 bits per heavy atom. The summed E-state index contributed by atoms with van der Waals surface area (Å²) in [6.45, 7) is 0. The fraction of sp³-hybridized carbons (Fsp3) is 0.600. The molecule has 1 aromatic heterocycles. The highest BCUT2D eigenvalue weighted by Crippen LogP contribution is 2.37. The maximum atomic E-state index is 9.80. The van der Waals surface area contributed by atoms with Crippen molar-refractivity contribution in [1.82, 2.24) is 0 Å². The summed E-state index contributed by atoms with van der Waals surface area (Å²) in [5.74, 6) is 1.50. The van der Waals surface area contributed by atoms with Crippen LogP contribution in [0, 0.1) is 5.92 Å². The van der Waals surface area contributed by atoms with Crippen molar-refractivity contribution in [3.8, 4) is 0 Å². The van der Waals surface area contributed by atoms with Crippen molar-refractivity contribution in [2.75, 3.05) is 0 Å². The molecule has 0 bridgehead atoms. The van der Waals surface area contributed by atoms with Gasteiger partial charge in [-0.05, 0) is 56.7 Å². The molecule has 1 heterocycles. The van der Waals surface area contributed by atoms with Crippen LogP contribution in [0.1, 0.15) is 37.5 Å². The quantitative estimate of drug-likeness (QED) is 0.907. The van der Waals surface area contributed by atoms with Gasteiger partial charge in [0.25, 0.3) is 0 Å². The van der Waals surface area contributed by atoms with E-state index in [1.165, 1.54) is 12.8 Å². The Morgan fingerprint density at radius 2 is 2.21 bits per heavy atom. The maximum Gasteiger partial charge on any atom is 0.183 e. The molecule has 14 heavy (non-hydrogen) atoms. The first-order chi connectivity index (χ1) is 6.66. The van der Waals surface area contributed by atoms with Crippen LogP contribution in [0.15, 0.2) is 19.6 Å². The highest BCUT2D eigenvalue weighted by molar-refractivity contribution is 9.13. The second kappa shape index (κ2) is 4.37. The van der Waals surface area contributed by atoms with Crippen LogP contribution >= 0.6 is 31.9 Å². The van der Waals surface area contributed by atoms with Gasteiger partial charge in [-0.3, -0.25) is 0 Å². The van der Waals surface area contributed by atoms with Crippen molar-refractivity contribution < 1.29 is 9.52 Å². The molecule has 1 N–H and O–H groups in total. The maximum absolute atomic E-state index is 9.80. The smallest absolute Gasteiger partial charge is 0.183 e. The van der Waals surface area contributed by atoms with E-state index in [1.54, 1.807) is 0 Å². The van der Waals surface area contributed by atoms with E-state index in [-0.39, 0.29) is 0 Å². The first-order valence-corrected chi connectivity index (χ1v) is 6.38. The molecule has 1 saturated carbocycles. The monoisotopic (exact) mass is 322 g/mol. The minimum atomic E-state index is -0.460. The van der Waals surface area contributed by atoms with Crippen LogP contribution in [0.25, 0.3) is 0 Å². The van der Waals surface area contributed by atoms with Crippen molar-refractivity contribution in [1.29, 1.82) is 0 Å². The van der Waals surface area contributed by atoms with Gasteiger partial charge in [0, 0.05) is 0 Å². The van der Waals surface area contributed by atoms with E-state index in [4.69, 9.17) is 4.42 Å². The van der Waals surface area contributed by atoms with Gasteiger partial charge in [-0.1, -0.05) is 12.8 Å².